The van der Waals surface area contributed by atoms with E-state index in [1.54, 1.807) is 21.6 Å². The Bertz CT molecular complexity index is 1210. The largest absolute Gasteiger partial charge is 0.382 e. The maximum absolute atomic E-state index is 14.4. The lowest BCUT2D eigenvalue weighted by Crippen LogP contribution is -2.24. The van der Waals surface area contributed by atoms with Gasteiger partial charge in [-0.15, -0.1) is 5.10 Å². The molecular weight excluding hydrogens is 376 g/mol. The fraction of sp³-hybridized carbons (Fsp3) is 0.250. The van der Waals surface area contributed by atoms with Gasteiger partial charge in [0, 0.05) is 37.1 Å². The molecule has 1 fully saturated rings. The van der Waals surface area contributed by atoms with E-state index in [1.165, 1.54) is 12.1 Å². The van der Waals surface area contributed by atoms with Crippen LogP contribution in [-0.4, -0.2) is 30.9 Å². The molecule has 9 heteroatoms. The molecule has 7 nitrogen and oxygen atoms in total. The number of halogens is 2. The molecule has 0 amide bonds. The average Bonchev–Trinajstić information content (AvgIpc) is 3.41. The van der Waals surface area contributed by atoms with E-state index in [9.17, 15) is 8.78 Å². The van der Waals surface area contributed by atoms with E-state index in [4.69, 9.17) is 10.7 Å². The number of benzene rings is 1. The van der Waals surface area contributed by atoms with Crippen molar-refractivity contribution < 1.29 is 8.78 Å². The first-order valence-corrected chi connectivity index (χ1v) is 9.37. The number of hydrogen-bond donors (Lipinski definition) is 1. The van der Waals surface area contributed by atoms with E-state index < -0.39 is 11.6 Å². The first-order chi connectivity index (χ1) is 14.0. The maximum atomic E-state index is 14.4. The highest BCUT2D eigenvalue weighted by molar-refractivity contribution is 5.86. The highest BCUT2D eigenvalue weighted by atomic mass is 19.1. The topological polar surface area (TPSA) is 77.3 Å². The third-order valence-electron chi connectivity index (χ3n) is 5.36. The van der Waals surface area contributed by atoms with Crippen LogP contribution in [0.1, 0.15) is 24.4 Å². The van der Waals surface area contributed by atoms with Crippen molar-refractivity contribution in [3.05, 3.63) is 60.1 Å². The van der Waals surface area contributed by atoms with Gasteiger partial charge < -0.3 is 10.6 Å². The van der Waals surface area contributed by atoms with E-state index in [2.05, 4.69) is 10.2 Å². The van der Waals surface area contributed by atoms with Crippen LogP contribution in [-0.2, 0) is 7.05 Å². The Hall–Kier alpha value is -3.49. The van der Waals surface area contributed by atoms with Crippen LogP contribution in [0.15, 0.2) is 42.9 Å². The smallest absolute Gasteiger partial charge is 0.167 e. The number of aryl methyl sites for hydroxylation is 1. The molecule has 0 unspecified atom stereocenters. The quantitative estimate of drug-likeness (QED) is 0.576. The molecule has 4 aromatic rings. The van der Waals surface area contributed by atoms with Crippen LogP contribution in [0.25, 0.3) is 16.8 Å². The number of nitrogen functional groups attached to an aromatic ring is 1. The minimum Gasteiger partial charge on any atom is -0.382 e. The predicted octanol–water partition coefficient (Wildman–Crippen LogP) is 3.33. The minimum atomic E-state index is -0.445. The molecule has 0 aliphatic carbocycles. The van der Waals surface area contributed by atoms with Crippen molar-refractivity contribution in [3.8, 4) is 11.1 Å². The summed E-state index contributed by atoms with van der Waals surface area (Å²) >= 11 is 0. The van der Waals surface area contributed by atoms with Crippen molar-refractivity contribution >= 4 is 17.3 Å². The molecule has 0 bridgehead atoms. The minimum absolute atomic E-state index is 0.275. The Morgan fingerprint density at radius 2 is 2.07 bits per heavy atom. The maximum Gasteiger partial charge on any atom is 0.167 e. The van der Waals surface area contributed by atoms with E-state index in [1.807, 2.05) is 24.2 Å². The van der Waals surface area contributed by atoms with E-state index in [-0.39, 0.29) is 6.04 Å². The zero-order valence-corrected chi connectivity index (χ0v) is 15.8. The van der Waals surface area contributed by atoms with Gasteiger partial charge >= 0.3 is 0 Å². The van der Waals surface area contributed by atoms with Crippen LogP contribution < -0.4 is 10.6 Å². The Morgan fingerprint density at radius 1 is 1.21 bits per heavy atom. The van der Waals surface area contributed by atoms with Crippen molar-refractivity contribution in [2.24, 2.45) is 7.05 Å². The van der Waals surface area contributed by atoms with Gasteiger partial charge in [0.15, 0.2) is 11.5 Å². The second-order valence-electron chi connectivity index (χ2n) is 7.23. The number of anilines is 2. The Labute approximate surface area is 165 Å². The van der Waals surface area contributed by atoms with Crippen LogP contribution in [0.2, 0.25) is 0 Å². The lowest BCUT2D eigenvalue weighted by atomic mass is 10.0. The molecule has 1 aromatic carbocycles. The van der Waals surface area contributed by atoms with Gasteiger partial charge in [-0.05, 0) is 37.1 Å². The number of hydrogen-bond acceptors (Lipinski definition) is 5. The molecule has 0 saturated carbocycles. The Balaban J connectivity index is 1.60. The third kappa shape index (κ3) is 2.89. The molecule has 1 saturated heterocycles. The molecule has 1 aliphatic rings. The van der Waals surface area contributed by atoms with E-state index in [0.29, 0.717) is 35.0 Å². The van der Waals surface area contributed by atoms with Gasteiger partial charge in [0.25, 0.3) is 0 Å². The van der Waals surface area contributed by atoms with Crippen LogP contribution in [0.5, 0.6) is 0 Å². The summed E-state index contributed by atoms with van der Waals surface area (Å²) in [5, 5.41) is 8.53. The lowest BCUT2D eigenvalue weighted by molar-refractivity contribution is 0.560. The Kier molecular flexibility index (Phi) is 3.97. The Morgan fingerprint density at radius 3 is 2.86 bits per heavy atom. The van der Waals surface area contributed by atoms with Gasteiger partial charge in [0.2, 0.25) is 0 Å². The SMILES string of the molecule is Cn1cc(-c2c(N)nn3ccc(N4CCC[C@@H]4c4cc(F)ccc4F)nc23)cn1. The van der Waals surface area contributed by atoms with Gasteiger partial charge in [-0.25, -0.2) is 18.3 Å². The molecule has 5 rings (SSSR count). The predicted molar refractivity (Wildman–Crippen MR) is 105 cm³/mol. The average molecular weight is 395 g/mol. The summed E-state index contributed by atoms with van der Waals surface area (Å²) in [6, 6.07) is 5.13. The van der Waals surface area contributed by atoms with Gasteiger partial charge in [-0.2, -0.15) is 5.10 Å². The molecule has 1 atom stereocenters. The molecule has 1 aliphatic heterocycles. The number of rotatable bonds is 3. The lowest BCUT2D eigenvalue weighted by Gasteiger charge is -2.26. The van der Waals surface area contributed by atoms with Crippen LogP contribution in [0.4, 0.5) is 20.4 Å². The monoisotopic (exact) mass is 395 g/mol. The molecule has 0 radical (unpaired) electrons. The van der Waals surface area contributed by atoms with E-state index >= 15 is 0 Å². The summed E-state index contributed by atoms with van der Waals surface area (Å²) in [6.07, 6.45) is 6.94. The normalized spacial score (nSPS) is 16.8. The number of fused-ring (bicyclic) bond motifs is 1. The van der Waals surface area contributed by atoms with E-state index in [0.717, 1.165) is 24.5 Å². The second-order valence-corrected chi connectivity index (χ2v) is 7.23. The third-order valence-corrected chi connectivity index (χ3v) is 5.36. The second kappa shape index (κ2) is 6.54. The van der Waals surface area contributed by atoms with Crippen LogP contribution in [0, 0.1) is 11.6 Å². The van der Waals surface area contributed by atoms with Gasteiger partial charge in [-0.3, -0.25) is 4.68 Å². The zero-order chi connectivity index (χ0) is 20.1. The van der Waals surface area contributed by atoms with Gasteiger partial charge in [0.05, 0.1) is 17.8 Å². The summed E-state index contributed by atoms with van der Waals surface area (Å²) in [6.45, 7) is 0.704. The summed E-state index contributed by atoms with van der Waals surface area (Å²) in [5.41, 5.74) is 8.61. The van der Waals surface area contributed by atoms with Gasteiger partial charge in [-0.1, -0.05) is 0 Å². The fourth-order valence-corrected chi connectivity index (χ4v) is 4.06. The van der Waals surface area contributed by atoms with Crippen LogP contribution >= 0.6 is 0 Å². The standard InChI is InChI=1S/C20H19F2N7/c1-27-11-12(10-24-27)18-19(23)26-29-8-6-17(25-20(18)29)28-7-2-3-16(28)14-9-13(21)4-5-15(14)22/h4-6,8-11,16H,2-3,7H2,1H3,(H2,23,26)/t16-/m1/s1. The van der Waals surface area contributed by atoms with Crippen molar-refractivity contribution in [2.45, 2.75) is 18.9 Å². The summed E-state index contributed by atoms with van der Waals surface area (Å²) in [4.78, 5) is 6.79. The molecular formula is C20H19F2N7. The first-order valence-electron chi connectivity index (χ1n) is 9.37. The summed E-state index contributed by atoms with van der Waals surface area (Å²) in [7, 11) is 1.83. The zero-order valence-electron chi connectivity index (χ0n) is 15.8. The number of nitrogens with two attached hydrogens (primary N) is 1. The van der Waals surface area contributed by atoms with Crippen LogP contribution in [0.3, 0.4) is 0 Å². The van der Waals surface area contributed by atoms with Crippen molar-refractivity contribution in [2.75, 3.05) is 17.2 Å². The highest BCUT2D eigenvalue weighted by Crippen LogP contribution is 2.38. The van der Waals surface area contributed by atoms with Gasteiger partial charge in [0.1, 0.15) is 17.5 Å². The fourth-order valence-electron chi connectivity index (χ4n) is 4.06. The molecule has 0 spiro atoms. The molecule has 4 heterocycles. The number of nitrogens with zero attached hydrogens (tertiary/aromatic N) is 6. The number of aromatic nitrogens is 5. The molecule has 2 N–H and O–H groups in total. The van der Waals surface area contributed by atoms with Crippen molar-refractivity contribution in [3.63, 3.8) is 0 Å². The summed E-state index contributed by atoms with van der Waals surface area (Å²) in [5.74, 6) is 0.179. The molecule has 3 aromatic heterocycles. The van der Waals surface area contributed by atoms with Crippen molar-refractivity contribution in [1.82, 2.24) is 24.4 Å². The summed E-state index contributed by atoms with van der Waals surface area (Å²) < 4.78 is 31.5. The first kappa shape index (κ1) is 17.6. The molecule has 148 valence electrons. The van der Waals surface area contributed by atoms with Crippen molar-refractivity contribution in [1.29, 1.82) is 0 Å². The highest BCUT2D eigenvalue weighted by Gasteiger charge is 2.30. The molecule has 29 heavy (non-hydrogen) atoms.